The molecule has 1 aliphatic carbocycles. The maximum absolute atomic E-state index is 13.1. The molecule has 0 aliphatic heterocycles. The Morgan fingerprint density at radius 3 is 2.19 bits per heavy atom. The Kier molecular flexibility index (Phi) is 6.22. The van der Waals surface area contributed by atoms with Crippen LogP contribution >= 0.6 is 0 Å². The Morgan fingerprint density at radius 1 is 1.00 bits per heavy atom. The molecule has 0 bridgehead atoms. The molecule has 1 aliphatic rings. The molecule has 4 rings (SSSR count). The van der Waals surface area contributed by atoms with E-state index in [2.05, 4.69) is 10.3 Å². The Bertz CT molecular complexity index is 1110. The predicted molar refractivity (Wildman–Crippen MR) is 124 cm³/mol. The average Bonchev–Trinajstić information content (AvgIpc) is 3.57. The Morgan fingerprint density at radius 2 is 1.65 bits per heavy atom. The Balaban J connectivity index is 0.00000181. The second-order valence-corrected chi connectivity index (χ2v) is 7.76. The highest BCUT2D eigenvalue weighted by atomic mass is 16.5. The lowest BCUT2D eigenvalue weighted by Gasteiger charge is -2.17. The molecule has 1 aromatic heterocycles. The third-order valence-electron chi connectivity index (χ3n) is 5.73. The van der Waals surface area contributed by atoms with Gasteiger partial charge in [0.25, 0.3) is 0 Å². The minimum atomic E-state index is -0.498. The van der Waals surface area contributed by atoms with Crippen molar-refractivity contribution in [1.29, 1.82) is 0 Å². The molecule has 0 spiro atoms. The molecule has 6 heteroatoms. The highest BCUT2D eigenvalue weighted by molar-refractivity contribution is 6.01. The van der Waals surface area contributed by atoms with Crippen LogP contribution in [0.4, 0.5) is 5.82 Å². The molecule has 6 nitrogen and oxygen atoms in total. The molecule has 162 valence electrons. The van der Waals surface area contributed by atoms with Gasteiger partial charge in [0.05, 0.1) is 18.2 Å². The standard InChI is InChI=1S/C25H24N2O3.H3N.H2/c1-16-4-13-22(26-23(16)19-7-5-18(6-8-19)17(2)28)27-24(29)25(14-15-25)20-9-11-21(30-3)12-10-20;;/h4-13H,14-15H2,1-3H3,(H,26,27,29);1H3;1H. The van der Waals surface area contributed by atoms with E-state index in [1.54, 1.807) is 26.2 Å². The van der Waals surface area contributed by atoms with Gasteiger partial charge in [0.1, 0.15) is 11.6 Å². The molecule has 4 N–H and O–H groups in total. The van der Waals surface area contributed by atoms with Gasteiger partial charge in [-0.2, -0.15) is 0 Å². The maximum Gasteiger partial charge on any atom is 0.236 e. The van der Waals surface area contributed by atoms with Crippen LogP contribution in [0, 0.1) is 6.92 Å². The van der Waals surface area contributed by atoms with E-state index in [1.165, 1.54) is 0 Å². The van der Waals surface area contributed by atoms with Gasteiger partial charge in [-0.3, -0.25) is 9.59 Å². The maximum atomic E-state index is 13.1. The summed E-state index contributed by atoms with van der Waals surface area (Å²) in [7, 11) is 1.63. The van der Waals surface area contributed by atoms with Gasteiger partial charge < -0.3 is 16.2 Å². The van der Waals surface area contributed by atoms with Crippen molar-refractivity contribution in [3.63, 3.8) is 0 Å². The van der Waals surface area contributed by atoms with Gasteiger partial charge in [0.15, 0.2) is 5.78 Å². The summed E-state index contributed by atoms with van der Waals surface area (Å²) < 4.78 is 5.22. The number of rotatable bonds is 6. The minimum Gasteiger partial charge on any atom is -0.497 e. The fourth-order valence-corrected chi connectivity index (χ4v) is 3.67. The molecule has 3 aromatic rings. The zero-order valence-electron chi connectivity index (χ0n) is 18.1. The molecule has 0 radical (unpaired) electrons. The van der Waals surface area contributed by atoms with Crippen LogP contribution in [-0.4, -0.2) is 23.8 Å². The van der Waals surface area contributed by atoms with Crippen LogP contribution in [0.1, 0.15) is 42.7 Å². The number of Topliss-reactive ketones (excluding diaryl/α,β-unsaturated/α-hetero) is 1. The van der Waals surface area contributed by atoms with Crippen LogP contribution in [0.25, 0.3) is 11.3 Å². The molecule has 1 heterocycles. The number of nitrogens with one attached hydrogen (secondary N) is 1. The molecule has 1 amide bonds. The normalized spacial score (nSPS) is 13.6. The monoisotopic (exact) mass is 419 g/mol. The molecule has 1 fully saturated rings. The summed E-state index contributed by atoms with van der Waals surface area (Å²) in [5.74, 6) is 1.29. The fraction of sp³-hybridized carbons (Fsp3) is 0.240. The highest BCUT2D eigenvalue weighted by Crippen LogP contribution is 2.49. The van der Waals surface area contributed by atoms with Crippen molar-refractivity contribution in [2.24, 2.45) is 0 Å². The second-order valence-electron chi connectivity index (χ2n) is 7.76. The second kappa shape index (κ2) is 8.70. The first kappa shape index (κ1) is 22.2. The number of aromatic nitrogens is 1. The summed E-state index contributed by atoms with van der Waals surface area (Å²) in [5.41, 5.74) is 3.85. The zero-order valence-corrected chi connectivity index (χ0v) is 18.1. The van der Waals surface area contributed by atoms with Crippen LogP contribution in [0.15, 0.2) is 60.7 Å². The average molecular weight is 420 g/mol. The zero-order chi connectivity index (χ0) is 21.3. The van der Waals surface area contributed by atoms with E-state index in [1.807, 2.05) is 55.5 Å². The van der Waals surface area contributed by atoms with Crippen molar-refractivity contribution in [2.45, 2.75) is 32.1 Å². The Hall–Kier alpha value is -3.51. The van der Waals surface area contributed by atoms with Crippen LogP contribution in [0.2, 0.25) is 0 Å². The first-order chi connectivity index (χ1) is 14.4. The number of aryl methyl sites for hydroxylation is 1. The molecule has 2 aromatic carbocycles. The predicted octanol–water partition coefficient (Wildman–Crippen LogP) is 5.35. The number of methoxy groups -OCH3 is 1. The number of anilines is 1. The molecular formula is C25H29N3O3. The molecule has 0 unspecified atom stereocenters. The van der Waals surface area contributed by atoms with Gasteiger partial charge >= 0.3 is 0 Å². The van der Waals surface area contributed by atoms with Gasteiger partial charge in [-0.1, -0.05) is 42.5 Å². The van der Waals surface area contributed by atoms with Crippen LogP contribution in [0.5, 0.6) is 5.75 Å². The summed E-state index contributed by atoms with van der Waals surface area (Å²) in [6.45, 7) is 3.53. The van der Waals surface area contributed by atoms with Gasteiger partial charge in [0, 0.05) is 12.6 Å². The number of pyridine rings is 1. The number of amides is 1. The van der Waals surface area contributed by atoms with Crippen molar-refractivity contribution >= 4 is 17.5 Å². The molecule has 0 atom stereocenters. The number of carbonyl (C=O) groups excluding carboxylic acids is 2. The summed E-state index contributed by atoms with van der Waals surface area (Å²) in [6.07, 6.45) is 1.63. The van der Waals surface area contributed by atoms with E-state index in [0.29, 0.717) is 11.4 Å². The summed E-state index contributed by atoms with van der Waals surface area (Å²) in [5, 5.41) is 3.00. The van der Waals surface area contributed by atoms with E-state index >= 15 is 0 Å². The van der Waals surface area contributed by atoms with Gasteiger partial charge in [-0.05, 0) is 56.0 Å². The van der Waals surface area contributed by atoms with Crippen LogP contribution in [0.3, 0.4) is 0 Å². The lowest BCUT2D eigenvalue weighted by molar-refractivity contribution is -0.118. The third-order valence-corrected chi connectivity index (χ3v) is 5.73. The smallest absolute Gasteiger partial charge is 0.236 e. The van der Waals surface area contributed by atoms with Gasteiger partial charge in [-0.25, -0.2) is 4.98 Å². The summed E-state index contributed by atoms with van der Waals surface area (Å²) in [4.78, 5) is 29.3. The fourth-order valence-electron chi connectivity index (χ4n) is 3.67. The third kappa shape index (κ3) is 4.34. The first-order valence-corrected chi connectivity index (χ1v) is 9.98. The SMILES string of the molecule is COc1ccc(C2(C(=O)Nc3ccc(C)c(-c4ccc(C(C)=O)cc4)n3)CC2)cc1.N.[HH]. The highest BCUT2D eigenvalue weighted by Gasteiger charge is 2.51. The van der Waals surface area contributed by atoms with E-state index in [9.17, 15) is 9.59 Å². The summed E-state index contributed by atoms with van der Waals surface area (Å²) in [6, 6.07) is 18.8. The van der Waals surface area contributed by atoms with Crippen molar-refractivity contribution in [2.75, 3.05) is 12.4 Å². The van der Waals surface area contributed by atoms with E-state index < -0.39 is 5.41 Å². The first-order valence-electron chi connectivity index (χ1n) is 9.98. The number of hydrogen-bond acceptors (Lipinski definition) is 5. The molecule has 31 heavy (non-hydrogen) atoms. The number of ether oxygens (including phenoxy) is 1. The van der Waals surface area contributed by atoms with Crippen molar-refractivity contribution in [3.05, 3.63) is 77.4 Å². The summed E-state index contributed by atoms with van der Waals surface area (Å²) >= 11 is 0. The van der Waals surface area contributed by atoms with E-state index in [4.69, 9.17) is 4.74 Å². The number of hydrogen-bond donors (Lipinski definition) is 2. The quantitative estimate of drug-likeness (QED) is 0.525. The lowest BCUT2D eigenvalue weighted by Crippen LogP contribution is -2.28. The van der Waals surface area contributed by atoms with Crippen molar-refractivity contribution < 1.29 is 15.8 Å². The van der Waals surface area contributed by atoms with Crippen molar-refractivity contribution in [1.82, 2.24) is 11.1 Å². The number of ketones is 1. The van der Waals surface area contributed by atoms with Gasteiger partial charge in [-0.15, -0.1) is 0 Å². The largest absolute Gasteiger partial charge is 0.497 e. The minimum absolute atomic E-state index is 0. The Labute approximate surface area is 183 Å². The molecular weight excluding hydrogens is 390 g/mol. The number of benzene rings is 2. The topological polar surface area (TPSA) is 103 Å². The molecule has 1 saturated carbocycles. The van der Waals surface area contributed by atoms with Crippen LogP contribution in [-0.2, 0) is 10.2 Å². The molecule has 0 saturated heterocycles. The van der Waals surface area contributed by atoms with Crippen molar-refractivity contribution in [3.8, 4) is 17.0 Å². The van der Waals surface area contributed by atoms with E-state index in [-0.39, 0.29) is 19.3 Å². The van der Waals surface area contributed by atoms with Gasteiger partial charge in [0.2, 0.25) is 5.91 Å². The lowest BCUT2D eigenvalue weighted by atomic mass is 9.95. The van der Waals surface area contributed by atoms with Crippen LogP contribution < -0.4 is 16.2 Å². The number of carbonyl (C=O) groups is 2. The number of nitrogens with zero attached hydrogens (tertiary/aromatic N) is 1. The van der Waals surface area contributed by atoms with E-state index in [0.717, 1.165) is 41.0 Å².